The van der Waals surface area contributed by atoms with Gasteiger partial charge in [0.05, 0.1) is 0 Å². The van der Waals surface area contributed by atoms with E-state index < -0.39 is 0 Å². The Bertz CT molecular complexity index is 716. The minimum atomic E-state index is -0.242. The normalized spacial score (nSPS) is 10.5. The van der Waals surface area contributed by atoms with Gasteiger partial charge in [0.25, 0.3) is 5.91 Å². The molecule has 0 fully saturated rings. The van der Waals surface area contributed by atoms with Crippen LogP contribution in [0.1, 0.15) is 33.7 Å². The summed E-state index contributed by atoms with van der Waals surface area (Å²) >= 11 is 0. The molecule has 1 heterocycles. The molecule has 2 N–H and O–H groups in total. The van der Waals surface area contributed by atoms with Crippen molar-refractivity contribution < 1.29 is 9.53 Å². The molecule has 1 amide bonds. The van der Waals surface area contributed by atoms with E-state index >= 15 is 0 Å². The van der Waals surface area contributed by atoms with Gasteiger partial charge in [0, 0.05) is 31.6 Å². The van der Waals surface area contributed by atoms with Gasteiger partial charge in [-0.25, -0.2) is 9.97 Å². The zero-order chi connectivity index (χ0) is 17.5. The van der Waals surface area contributed by atoms with Crippen molar-refractivity contribution in [1.29, 1.82) is 0 Å². The summed E-state index contributed by atoms with van der Waals surface area (Å²) in [7, 11) is 1.67. The molecular formula is C18H24N4O2. The molecule has 24 heavy (non-hydrogen) atoms. The van der Waals surface area contributed by atoms with Gasteiger partial charge in [0.15, 0.2) is 0 Å². The number of hydrogen-bond donors (Lipinski definition) is 2. The molecule has 2 rings (SSSR count). The molecule has 1 aromatic carbocycles. The first-order valence-electron chi connectivity index (χ1n) is 7.97. The van der Waals surface area contributed by atoms with Crippen molar-refractivity contribution in [3.8, 4) is 0 Å². The fourth-order valence-corrected chi connectivity index (χ4v) is 2.25. The average Bonchev–Trinajstić information content (AvgIpc) is 2.55. The molecule has 0 bridgehead atoms. The highest BCUT2D eigenvalue weighted by molar-refractivity contribution is 6.03. The van der Waals surface area contributed by atoms with Crippen LogP contribution in [0.2, 0.25) is 0 Å². The predicted molar refractivity (Wildman–Crippen MR) is 95.6 cm³/mol. The van der Waals surface area contributed by atoms with E-state index in [1.54, 1.807) is 13.2 Å². The Balaban J connectivity index is 2.11. The molecule has 0 saturated carbocycles. The highest BCUT2D eigenvalue weighted by Crippen LogP contribution is 2.19. The van der Waals surface area contributed by atoms with E-state index in [1.807, 2.05) is 39.0 Å². The first kappa shape index (κ1) is 17.9. The summed E-state index contributed by atoms with van der Waals surface area (Å²) in [5, 5.41) is 6.04. The summed E-state index contributed by atoms with van der Waals surface area (Å²) in [6, 6.07) is 7.51. The topological polar surface area (TPSA) is 76.1 Å². The van der Waals surface area contributed by atoms with Gasteiger partial charge in [-0.1, -0.05) is 12.1 Å². The molecule has 0 aliphatic carbocycles. The molecule has 0 atom stereocenters. The van der Waals surface area contributed by atoms with Crippen LogP contribution in [-0.2, 0) is 4.74 Å². The number of hydrogen-bond acceptors (Lipinski definition) is 5. The van der Waals surface area contributed by atoms with Crippen LogP contribution in [0.4, 0.5) is 11.6 Å². The molecule has 2 aromatic rings. The molecule has 0 radical (unpaired) electrons. The van der Waals surface area contributed by atoms with Crippen LogP contribution in [0.5, 0.6) is 0 Å². The molecule has 6 nitrogen and oxygen atoms in total. The lowest BCUT2D eigenvalue weighted by Gasteiger charge is -2.11. The molecule has 0 unspecified atom stereocenters. The van der Waals surface area contributed by atoms with Gasteiger partial charge in [-0.15, -0.1) is 0 Å². The molecule has 6 heteroatoms. The maximum absolute atomic E-state index is 12.5. The number of nitrogens with one attached hydrogen (secondary N) is 2. The van der Waals surface area contributed by atoms with Crippen molar-refractivity contribution in [3.63, 3.8) is 0 Å². The standard InChI is InChI=1S/C18H24N4O2/c1-12-7-5-8-15(14(12)3)21-17(23)16-11-13(2)20-18(22-16)19-9-6-10-24-4/h5,7-8,11H,6,9-10H2,1-4H3,(H,21,23)(H,19,20,22). The van der Waals surface area contributed by atoms with Crippen LogP contribution in [-0.4, -0.2) is 36.1 Å². The third-order valence-corrected chi connectivity index (χ3v) is 3.75. The lowest BCUT2D eigenvalue weighted by Crippen LogP contribution is -2.17. The number of amides is 1. The van der Waals surface area contributed by atoms with Crippen molar-refractivity contribution in [2.75, 3.05) is 30.9 Å². The van der Waals surface area contributed by atoms with Crippen molar-refractivity contribution >= 4 is 17.5 Å². The van der Waals surface area contributed by atoms with E-state index in [9.17, 15) is 4.79 Å². The number of methoxy groups -OCH3 is 1. The third kappa shape index (κ3) is 4.76. The Morgan fingerprint density at radius 3 is 2.75 bits per heavy atom. The Hall–Kier alpha value is -2.47. The highest BCUT2D eigenvalue weighted by atomic mass is 16.5. The predicted octanol–water partition coefficient (Wildman–Crippen LogP) is 3.10. The minimum Gasteiger partial charge on any atom is -0.385 e. The number of aromatic nitrogens is 2. The van der Waals surface area contributed by atoms with Crippen molar-refractivity contribution in [1.82, 2.24) is 9.97 Å². The second-order valence-electron chi connectivity index (χ2n) is 5.69. The molecule has 0 aliphatic rings. The molecular weight excluding hydrogens is 304 g/mol. The van der Waals surface area contributed by atoms with Gasteiger partial charge < -0.3 is 15.4 Å². The zero-order valence-corrected chi connectivity index (χ0v) is 14.6. The van der Waals surface area contributed by atoms with Gasteiger partial charge in [0.1, 0.15) is 5.69 Å². The maximum atomic E-state index is 12.5. The summed E-state index contributed by atoms with van der Waals surface area (Å²) in [5.41, 5.74) is 4.07. The van der Waals surface area contributed by atoms with Crippen LogP contribution in [0, 0.1) is 20.8 Å². The van der Waals surface area contributed by atoms with Gasteiger partial charge >= 0.3 is 0 Å². The monoisotopic (exact) mass is 328 g/mol. The van der Waals surface area contributed by atoms with Crippen molar-refractivity contribution in [2.24, 2.45) is 0 Å². The molecule has 128 valence electrons. The minimum absolute atomic E-state index is 0.242. The summed E-state index contributed by atoms with van der Waals surface area (Å²) in [6.45, 7) is 7.20. The second-order valence-corrected chi connectivity index (χ2v) is 5.69. The molecule has 0 saturated heterocycles. The van der Waals surface area contributed by atoms with Crippen molar-refractivity contribution in [2.45, 2.75) is 27.2 Å². The van der Waals surface area contributed by atoms with E-state index in [1.165, 1.54) is 0 Å². The van der Waals surface area contributed by atoms with E-state index in [0.717, 1.165) is 28.9 Å². The summed E-state index contributed by atoms with van der Waals surface area (Å²) < 4.78 is 5.01. The summed E-state index contributed by atoms with van der Waals surface area (Å²) in [6.07, 6.45) is 0.845. The zero-order valence-electron chi connectivity index (χ0n) is 14.6. The number of carbonyl (C=O) groups is 1. The summed E-state index contributed by atoms with van der Waals surface area (Å²) in [4.78, 5) is 21.1. The van der Waals surface area contributed by atoms with Crippen LogP contribution in [0.25, 0.3) is 0 Å². The van der Waals surface area contributed by atoms with E-state index in [-0.39, 0.29) is 5.91 Å². The first-order valence-corrected chi connectivity index (χ1v) is 7.97. The number of anilines is 2. The van der Waals surface area contributed by atoms with E-state index in [4.69, 9.17) is 4.74 Å². The maximum Gasteiger partial charge on any atom is 0.274 e. The van der Waals surface area contributed by atoms with E-state index in [2.05, 4.69) is 20.6 Å². The largest absolute Gasteiger partial charge is 0.385 e. The van der Waals surface area contributed by atoms with Crippen LogP contribution >= 0.6 is 0 Å². The first-order chi connectivity index (χ1) is 11.5. The fraction of sp³-hybridized carbons (Fsp3) is 0.389. The quantitative estimate of drug-likeness (QED) is 0.764. The Morgan fingerprint density at radius 2 is 2.00 bits per heavy atom. The van der Waals surface area contributed by atoms with E-state index in [0.29, 0.717) is 24.8 Å². The Morgan fingerprint density at radius 1 is 1.21 bits per heavy atom. The van der Waals surface area contributed by atoms with Crippen LogP contribution in [0.3, 0.4) is 0 Å². The summed E-state index contributed by atoms with van der Waals surface area (Å²) in [5.74, 6) is 0.214. The van der Waals surface area contributed by atoms with Crippen molar-refractivity contribution in [3.05, 3.63) is 46.8 Å². The molecule has 1 aromatic heterocycles. The Kier molecular flexibility index (Phi) is 6.26. The smallest absolute Gasteiger partial charge is 0.274 e. The number of carbonyl (C=O) groups excluding carboxylic acids is 1. The number of aryl methyl sites for hydroxylation is 2. The second kappa shape index (κ2) is 8.40. The number of nitrogens with zero attached hydrogens (tertiary/aromatic N) is 2. The number of ether oxygens (including phenoxy) is 1. The average molecular weight is 328 g/mol. The lowest BCUT2D eigenvalue weighted by molar-refractivity contribution is 0.102. The molecule has 0 spiro atoms. The van der Waals surface area contributed by atoms with Gasteiger partial charge in [0.2, 0.25) is 5.95 Å². The van der Waals surface area contributed by atoms with Gasteiger partial charge in [-0.05, 0) is 50.5 Å². The molecule has 0 aliphatic heterocycles. The highest BCUT2D eigenvalue weighted by Gasteiger charge is 2.12. The Labute approximate surface area is 142 Å². The third-order valence-electron chi connectivity index (χ3n) is 3.75. The van der Waals surface area contributed by atoms with Crippen LogP contribution < -0.4 is 10.6 Å². The lowest BCUT2D eigenvalue weighted by atomic mass is 10.1. The van der Waals surface area contributed by atoms with Gasteiger partial charge in [-0.2, -0.15) is 0 Å². The van der Waals surface area contributed by atoms with Gasteiger partial charge in [-0.3, -0.25) is 4.79 Å². The number of rotatable bonds is 7. The number of benzene rings is 1. The fourth-order valence-electron chi connectivity index (χ4n) is 2.25. The van der Waals surface area contributed by atoms with Crippen LogP contribution in [0.15, 0.2) is 24.3 Å². The SMILES string of the molecule is COCCCNc1nc(C)cc(C(=O)Nc2cccc(C)c2C)n1.